The molecule has 0 saturated carbocycles. The lowest BCUT2D eigenvalue weighted by molar-refractivity contribution is 0.287. The highest BCUT2D eigenvalue weighted by Crippen LogP contribution is 2.23. The molecule has 0 radical (unpaired) electrons. The van der Waals surface area contributed by atoms with E-state index in [9.17, 15) is 0 Å². The van der Waals surface area contributed by atoms with E-state index >= 15 is 0 Å². The molecule has 110 valence electrons. The van der Waals surface area contributed by atoms with Crippen molar-refractivity contribution in [2.75, 3.05) is 13.2 Å². The third kappa shape index (κ3) is 3.31. The zero-order valence-electron chi connectivity index (χ0n) is 12.4. The van der Waals surface area contributed by atoms with Gasteiger partial charge in [0, 0.05) is 25.6 Å². The number of aryl methyl sites for hydroxylation is 2. The number of ether oxygens (including phenoxy) is 1. The van der Waals surface area contributed by atoms with Gasteiger partial charge in [-0.15, -0.1) is 0 Å². The highest BCUT2D eigenvalue weighted by atomic mass is 16.5. The molecule has 4 nitrogen and oxygen atoms in total. The second kappa shape index (κ2) is 7.29. The van der Waals surface area contributed by atoms with Crippen LogP contribution in [0.5, 0.6) is 5.75 Å². The van der Waals surface area contributed by atoms with Crippen LogP contribution in [0.1, 0.15) is 38.9 Å². The molecule has 0 aliphatic rings. The standard InChI is InChI=1S/C16H24N2O2/c1-3-9-18-15-8-7-13(20-11-4-2)12-14(15)17-16(18)6-5-10-19/h7-8,12,19H,3-6,9-11H2,1-2H3. The Kier molecular flexibility index (Phi) is 5.41. The van der Waals surface area contributed by atoms with Crippen LogP contribution in [0.2, 0.25) is 0 Å². The third-order valence-electron chi connectivity index (χ3n) is 3.28. The van der Waals surface area contributed by atoms with E-state index in [0.29, 0.717) is 0 Å². The lowest BCUT2D eigenvalue weighted by atomic mass is 10.3. The predicted octanol–water partition coefficient (Wildman–Crippen LogP) is 3.16. The zero-order chi connectivity index (χ0) is 14.4. The highest BCUT2D eigenvalue weighted by Gasteiger charge is 2.10. The minimum absolute atomic E-state index is 0.209. The summed E-state index contributed by atoms with van der Waals surface area (Å²) >= 11 is 0. The van der Waals surface area contributed by atoms with E-state index < -0.39 is 0 Å². The fourth-order valence-electron chi connectivity index (χ4n) is 2.37. The van der Waals surface area contributed by atoms with Gasteiger partial charge in [-0.05, 0) is 31.4 Å². The molecule has 4 heteroatoms. The topological polar surface area (TPSA) is 47.3 Å². The van der Waals surface area contributed by atoms with Crippen molar-refractivity contribution in [1.29, 1.82) is 0 Å². The molecule has 0 aliphatic heterocycles. The van der Waals surface area contributed by atoms with Gasteiger partial charge < -0.3 is 14.4 Å². The first-order valence-electron chi connectivity index (χ1n) is 7.53. The van der Waals surface area contributed by atoms with Crippen LogP contribution in [0.15, 0.2) is 18.2 Å². The summed E-state index contributed by atoms with van der Waals surface area (Å²) in [5.41, 5.74) is 2.14. The Morgan fingerprint density at radius 1 is 1.25 bits per heavy atom. The maximum atomic E-state index is 9.01. The molecule has 20 heavy (non-hydrogen) atoms. The first kappa shape index (κ1) is 14.9. The average Bonchev–Trinajstić information content (AvgIpc) is 2.80. The summed E-state index contributed by atoms with van der Waals surface area (Å²) in [7, 11) is 0. The van der Waals surface area contributed by atoms with Gasteiger partial charge in [0.25, 0.3) is 0 Å². The Bertz CT molecular complexity index is 549. The van der Waals surface area contributed by atoms with Crippen LogP contribution in [0.25, 0.3) is 11.0 Å². The second-order valence-electron chi connectivity index (χ2n) is 5.01. The first-order chi connectivity index (χ1) is 9.80. The highest BCUT2D eigenvalue weighted by molar-refractivity contribution is 5.77. The summed E-state index contributed by atoms with van der Waals surface area (Å²) in [4.78, 5) is 4.71. The van der Waals surface area contributed by atoms with Crippen LogP contribution in [0.4, 0.5) is 0 Å². The molecule has 1 aromatic carbocycles. The number of fused-ring (bicyclic) bond motifs is 1. The fraction of sp³-hybridized carbons (Fsp3) is 0.562. The van der Waals surface area contributed by atoms with Gasteiger partial charge in [-0.2, -0.15) is 0 Å². The molecule has 1 heterocycles. The molecule has 2 aromatic rings. The molecule has 0 aliphatic carbocycles. The molecule has 2 rings (SSSR count). The summed E-state index contributed by atoms with van der Waals surface area (Å²) in [5, 5.41) is 9.01. The van der Waals surface area contributed by atoms with Crippen LogP contribution < -0.4 is 4.74 Å². The summed E-state index contributed by atoms with van der Waals surface area (Å²) in [6, 6.07) is 6.12. The number of rotatable bonds is 8. The van der Waals surface area contributed by atoms with E-state index in [-0.39, 0.29) is 6.61 Å². The molecule has 0 unspecified atom stereocenters. The summed E-state index contributed by atoms with van der Waals surface area (Å²) < 4.78 is 7.92. The molecule has 0 bridgehead atoms. The molecule has 0 spiro atoms. The van der Waals surface area contributed by atoms with Crippen LogP contribution in [0, 0.1) is 0 Å². The number of aliphatic hydroxyl groups excluding tert-OH is 1. The molecule has 0 fully saturated rings. The Morgan fingerprint density at radius 3 is 2.80 bits per heavy atom. The molecule has 0 saturated heterocycles. The Morgan fingerprint density at radius 2 is 2.10 bits per heavy atom. The van der Waals surface area contributed by atoms with E-state index in [0.717, 1.165) is 61.4 Å². The van der Waals surface area contributed by atoms with Crippen molar-refractivity contribution in [3.63, 3.8) is 0 Å². The van der Waals surface area contributed by atoms with Crippen LogP contribution >= 0.6 is 0 Å². The zero-order valence-corrected chi connectivity index (χ0v) is 12.4. The molecule has 0 atom stereocenters. The van der Waals surface area contributed by atoms with Crippen LogP contribution in [0.3, 0.4) is 0 Å². The second-order valence-corrected chi connectivity index (χ2v) is 5.01. The van der Waals surface area contributed by atoms with Gasteiger partial charge in [0.1, 0.15) is 11.6 Å². The normalized spacial score (nSPS) is 11.2. The van der Waals surface area contributed by atoms with Gasteiger partial charge in [0.05, 0.1) is 17.6 Å². The summed E-state index contributed by atoms with van der Waals surface area (Å²) in [6.45, 7) is 6.17. The van der Waals surface area contributed by atoms with E-state index in [1.54, 1.807) is 0 Å². The van der Waals surface area contributed by atoms with E-state index in [1.165, 1.54) is 0 Å². The minimum Gasteiger partial charge on any atom is -0.494 e. The number of hydrogen-bond donors (Lipinski definition) is 1. The number of imidazole rings is 1. The fourth-order valence-corrected chi connectivity index (χ4v) is 2.37. The van der Waals surface area contributed by atoms with Crippen molar-refractivity contribution in [2.24, 2.45) is 0 Å². The Hall–Kier alpha value is -1.55. The van der Waals surface area contributed by atoms with Crippen molar-refractivity contribution in [2.45, 2.75) is 46.1 Å². The number of aliphatic hydroxyl groups is 1. The van der Waals surface area contributed by atoms with Crippen LogP contribution in [-0.2, 0) is 13.0 Å². The van der Waals surface area contributed by atoms with Gasteiger partial charge >= 0.3 is 0 Å². The number of aromatic nitrogens is 2. The lowest BCUT2D eigenvalue weighted by Crippen LogP contribution is -2.04. The summed E-state index contributed by atoms with van der Waals surface area (Å²) in [5.74, 6) is 1.94. The van der Waals surface area contributed by atoms with Crippen molar-refractivity contribution >= 4 is 11.0 Å². The van der Waals surface area contributed by atoms with Gasteiger partial charge in [-0.1, -0.05) is 13.8 Å². The van der Waals surface area contributed by atoms with Crippen molar-refractivity contribution in [3.8, 4) is 5.75 Å². The molecule has 1 N–H and O–H groups in total. The largest absolute Gasteiger partial charge is 0.494 e. The number of benzene rings is 1. The maximum absolute atomic E-state index is 9.01. The third-order valence-corrected chi connectivity index (χ3v) is 3.28. The van der Waals surface area contributed by atoms with Gasteiger partial charge in [-0.25, -0.2) is 4.98 Å². The molecular formula is C16H24N2O2. The number of hydrogen-bond acceptors (Lipinski definition) is 3. The van der Waals surface area contributed by atoms with Crippen molar-refractivity contribution in [3.05, 3.63) is 24.0 Å². The van der Waals surface area contributed by atoms with Gasteiger partial charge in [0.2, 0.25) is 0 Å². The minimum atomic E-state index is 0.209. The van der Waals surface area contributed by atoms with E-state index in [2.05, 4.69) is 24.5 Å². The quantitative estimate of drug-likeness (QED) is 0.805. The SMILES string of the molecule is CCCOc1ccc2c(c1)nc(CCCO)n2CCC. The molecular weight excluding hydrogens is 252 g/mol. The van der Waals surface area contributed by atoms with Crippen LogP contribution in [-0.4, -0.2) is 27.9 Å². The predicted molar refractivity (Wildman–Crippen MR) is 81.2 cm³/mol. The Balaban J connectivity index is 2.33. The monoisotopic (exact) mass is 276 g/mol. The smallest absolute Gasteiger partial charge is 0.121 e. The summed E-state index contributed by atoms with van der Waals surface area (Å²) in [6.07, 6.45) is 3.65. The molecule has 0 amide bonds. The van der Waals surface area contributed by atoms with E-state index in [1.807, 2.05) is 12.1 Å². The Labute approximate surface area is 120 Å². The first-order valence-corrected chi connectivity index (χ1v) is 7.53. The van der Waals surface area contributed by atoms with Gasteiger partial charge in [0.15, 0.2) is 0 Å². The molecule has 1 aromatic heterocycles. The van der Waals surface area contributed by atoms with Crippen molar-refractivity contribution < 1.29 is 9.84 Å². The maximum Gasteiger partial charge on any atom is 0.121 e. The van der Waals surface area contributed by atoms with E-state index in [4.69, 9.17) is 14.8 Å². The van der Waals surface area contributed by atoms with Crippen molar-refractivity contribution in [1.82, 2.24) is 9.55 Å². The number of nitrogens with zero attached hydrogens (tertiary/aromatic N) is 2. The average molecular weight is 276 g/mol. The lowest BCUT2D eigenvalue weighted by Gasteiger charge is -2.07. The van der Waals surface area contributed by atoms with Gasteiger partial charge in [-0.3, -0.25) is 0 Å².